The molecule has 6 heteroatoms. The van der Waals surface area contributed by atoms with Crippen molar-refractivity contribution in [1.29, 1.82) is 0 Å². The van der Waals surface area contributed by atoms with Gasteiger partial charge in [0, 0.05) is 31.6 Å². The molecule has 2 rings (SSSR count). The maximum atomic E-state index is 12.4. The van der Waals surface area contributed by atoms with Crippen LogP contribution in [0.4, 0.5) is 11.4 Å². The number of methoxy groups -OCH3 is 2. The maximum absolute atomic E-state index is 12.4. The first kappa shape index (κ1) is 20.3. The van der Waals surface area contributed by atoms with Crippen molar-refractivity contribution < 1.29 is 19.1 Å². The summed E-state index contributed by atoms with van der Waals surface area (Å²) in [5, 5.41) is 2.92. The Kier molecular flexibility index (Phi) is 6.82. The number of ether oxygens (including phenoxy) is 2. The minimum absolute atomic E-state index is 0.156. The summed E-state index contributed by atoms with van der Waals surface area (Å²) >= 11 is 0. The van der Waals surface area contributed by atoms with Crippen molar-refractivity contribution >= 4 is 23.2 Å². The van der Waals surface area contributed by atoms with E-state index in [4.69, 9.17) is 9.47 Å². The number of anilines is 2. The van der Waals surface area contributed by atoms with E-state index in [-0.39, 0.29) is 24.8 Å². The third kappa shape index (κ3) is 5.23. The lowest BCUT2D eigenvalue weighted by molar-refractivity contribution is -0.117. The average Bonchev–Trinajstić information content (AvgIpc) is 2.64. The molecule has 0 unspecified atom stereocenters. The molecule has 0 saturated heterocycles. The zero-order chi connectivity index (χ0) is 20.0. The molecule has 6 nitrogen and oxygen atoms in total. The van der Waals surface area contributed by atoms with Crippen LogP contribution in [0.2, 0.25) is 0 Å². The summed E-state index contributed by atoms with van der Waals surface area (Å²) in [5.74, 6) is 0.815. The third-order valence-corrected chi connectivity index (χ3v) is 4.29. The molecular weight excluding hydrogens is 344 g/mol. The highest BCUT2D eigenvalue weighted by Crippen LogP contribution is 2.32. The predicted molar refractivity (Wildman–Crippen MR) is 107 cm³/mol. The molecule has 144 valence electrons. The fourth-order valence-electron chi connectivity index (χ4n) is 2.75. The van der Waals surface area contributed by atoms with Crippen molar-refractivity contribution in [2.75, 3.05) is 31.0 Å². The average molecular weight is 370 g/mol. The Hall–Kier alpha value is -3.02. The summed E-state index contributed by atoms with van der Waals surface area (Å²) in [6.45, 7) is 5.61. The van der Waals surface area contributed by atoms with Crippen LogP contribution in [0, 0.1) is 13.8 Å². The summed E-state index contributed by atoms with van der Waals surface area (Å²) < 4.78 is 10.6. The van der Waals surface area contributed by atoms with E-state index in [1.165, 1.54) is 18.9 Å². The van der Waals surface area contributed by atoms with Gasteiger partial charge in [-0.3, -0.25) is 9.59 Å². The quantitative estimate of drug-likeness (QED) is 0.807. The molecular formula is C21H26N2O4. The number of rotatable bonds is 7. The van der Waals surface area contributed by atoms with Gasteiger partial charge in [-0.15, -0.1) is 0 Å². The van der Waals surface area contributed by atoms with E-state index in [1.807, 2.05) is 32.0 Å². The van der Waals surface area contributed by atoms with Gasteiger partial charge in [0.05, 0.1) is 19.9 Å². The van der Waals surface area contributed by atoms with Crippen LogP contribution in [0.25, 0.3) is 0 Å². The number of nitrogens with one attached hydrogen (secondary N) is 1. The van der Waals surface area contributed by atoms with Gasteiger partial charge in [0.2, 0.25) is 11.8 Å². The SMILES string of the molecule is COc1ccc(OC)c(N(CCC(=O)Nc2cc(C)ccc2C)C(C)=O)c1. The van der Waals surface area contributed by atoms with Crippen LogP contribution >= 0.6 is 0 Å². The largest absolute Gasteiger partial charge is 0.497 e. The highest BCUT2D eigenvalue weighted by Gasteiger charge is 2.18. The normalized spacial score (nSPS) is 10.3. The molecule has 0 aromatic heterocycles. The number of hydrogen-bond acceptors (Lipinski definition) is 4. The smallest absolute Gasteiger partial charge is 0.226 e. The fraction of sp³-hybridized carbons (Fsp3) is 0.333. The number of nitrogens with zero attached hydrogens (tertiary/aromatic N) is 1. The number of carbonyl (C=O) groups is 2. The molecule has 0 aliphatic carbocycles. The lowest BCUT2D eigenvalue weighted by atomic mass is 10.1. The molecule has 0 aliphatic heterocycles. The minimum atomic E-state index is -0.180. The van der Waals surface area contributed by atoms with Crippen LogP contribution in [-0.4, -0.2) is 32.6 Å². The van der Waals surface area contributed by atoms with Gasteiger partial charge < -0.3 is 19.7 Å². The second kappa shape index (κ2) is 9.07. The van der Waals surface area contributed by atoms with Crippen LogP contribution in [0.3, 0.4) is 0 Å². The van der Waals surface area contributed by atoms with Crippen LogP contribution in [0.5, 0.6) is 11.5 Å². The lowest BCUT2D eigenvalue weighted by Crippen LogP contribution is -2.32. The Balaban J connectivity index is 2.14. The molecule has 2 amide bonds. The van der Waals surface area contributed by atoms with Crippen molar-refractivity contribution in [3.05, 3.63) is 47.5 Å². The molecule has 0 fully saturated rings. The van der Waals surface area contributed by atoms with Crippen LogP contribution in [0.15, 0.2) is 36.4 Å². The van der Waals surface area contributed by atoms with Gasteiger partial charge in [0.1, 0.15) is 11.5 Å². The highest BCUT2D eigenvalue weighted by atomic mass is 16.5. The highest BCUT2D eigenvalue weighted by molar-refractivity contribution is 5.96. The number of aryl methyl sites for hydroxylation is 2. The van der Waals surface area contributed by atoms with E-state index < -0.39 is 0 Å². The molecule has 0 spiro atoms. The number of amides is 2. The zero-order valence-electron chi connectivity index (χ0n) is 16.5. The van der Waals surface area contributed by atoms with Gasteiger partial charge in [0.25, 0.3) is 0 Å². The van der Waals surface area contributed by atoms with Crippen LogP contribution < -0.4 is 19.7 Å². The van der Waals surface area contributed by atoms with Crippen LogP contribution in [-0.2, 0) is 9.59 Å². The minimum Gasteiger partial charge on any atom is -0.497 e. The van der Waals surface area contributed by atoms with E-state index in [9.17, 15) is 9.59 Å². The fourth-order valence-corrected chi connectivity index (χ4v) is 2.75. The monoisotopic (exact) mass is 370 g/mol. The van der Waals surface area contributed by atoms with E-state index in [1.54, 1.807) is 25.3 Å². The molecule has 27 heavy (non-hydrogen) atoms. The summed E-state index contributed by atoms with van der Waals surface area (Å²) in [7, 11) is 3.10. The number of benzene rings is 2. The van der Waals surface area contributed by atoms with E-state index >= 15 is 0 Å². The zero-order valence-corrected chi connectivity index (χ0v) is 16.5. The van der Waals surface area contributed by atoms with Gasteiger partial charge in [-0.1, -0.05) is 12.1 Å². The Morgan fingerprint density at radius 2 is 1.78 bits per heavy atom. The molecule has 2 aromatic carbocycles. The molecule has 1 N–H and O–H groups in total. The Bertz CT molecular complexity index is 833. The van der Waals surface area contributed by atoms with Gasteiger partial charge in [-0.05, 0) is 43.2 Å². The second-order valence-corrected chi connectivity index (χ2v) is 6.32. The first-order valence-electron chi connectivity index (χ1n) is 8.73. The van der Waals surface area contributed by atoms with Crippen LogP contribution in [0.1, 0.15) is 24.5 Å². The molecule has 2 aromatic rings. The van der Waals surface area contributed by atoms with Gasteiger partial charge in [-0.25, -0.2) is 0 Å². The Labute approximate surface area is 160 Å². The van der Waals surface area contributed by atoms with E-state index in [0.717, 1.165) is 16.8 Å². The molecule has 0 radical (unpaired) electrons. The van der Waals surface area contributed by atoms with Gasteiger partial charge in [0.15, 0.2) is 0 Å². The predicted octanol–water partition coefficient (Wildman–Crippen LogP) is 3.70. The number of carbonyl (C=O) groups excluding carboxylic acids is 2. The molecule has 0 heterocycles. The summed E-state index contributed by atoms with van der Waals surface area (Å²) in [6.07, 6.45) is 0.160. The summed E-state index contributed by atoms with van der Waals surface area (Å²) in [4.78, 5) is 26.1. The molecule has 0 saturated carbocycles. The molecule has 0 atom stereocenters. The maximum Gasteiger partial charge on any atom is 0.226 e. The van der Waals surface area contributed by atoms with Gasteiger partial charge in [-0.2, -0.15) is 0 Å². The summed E-state index contributed by atoms with van der Waals surface area (Å²) in [6, 6.07) is 11.1. The van der Waals surface area contributed by atoms with Crippen molar-refractivity contribution in [2.24, 2.45) is 0 Å². The van der Waals surface area contributed by atoms with Crippen molar-refractivity contribution in [1.82, 2.24) is 0 Å². The molecule has 0 bridgehead atoms. The standard InChI is InChI=1S/C21H26N2O4/c1-14-6-7-15(2)18(12-14)22-21(25)10-11-23(16(3)24)19-13-17(26-4)8-9-20(19)27-5/h6-9,12-13H,10-11H2,1-5H3,(H,22,25). The van der Waals surface area contributed by atoms with Gasteiger partial charge >= 0.3 is 0 Å². The second-order valence-electron chi connectivity index (χ2n) is 6.32. The third-order valence-electron chi connectivity index (χ3n) is 4.29. The van der Waals surface area contributed by atoms with Crippen molar-refractivity contribution in [2.45, 2.75) is 27.2 Å². The van der Waals surface area contributed by atoms with Crippen molar-refractivity contribution in [3.8, 4) is 11.5 Å². The Morgan fingerprint density at radius 3 is 2.41 bits per heavy atom. The van der Waals surface area contributed by atoms with E-state index in [0.29, 0.717) is 17.2 Å². The summed E-state index contributed by atoms with van der Waals surface area (Å²) in [5.41, 5.74) is 3.42. The van der Waals surface area contributed by atoms with E-state index in [2.05, 4.69) is 5.32 Å². The molecule has 0 aliphatic rings. The lowest BCUT2D eigenvalue weighted by Gasteiger charge is -2.23. The Morgan fingerprint density at radius 1 is 1.04 bits per heavy atom. The first-order valence-corrected chi connectivity index (χ1v) is 8.73. The number of hydrogen-bond donors (Lipinski definition) is 1. The first-order chi connectivity index (χ1) is 12.8. The topological polar surface area (TPSA) is 67.9 Å². The van der Waals surface area contributed by atoms with Crippen molar-refractivity contribution in [3.63, 3.8) is 0 Å².